The number of carboxylic acid groups (broad SMARTS) is 1. The van der Waals surface area contributed by atoms with E-state index >= 15 is 0 Å². The molecule has 1 aliphatic heterocycles. The van der Waals surface area contributed by atoms with Gasteiger partial charge in [0.05, 0.1) is 12.6 Å². The summed E-state index contributed by atoms with van der Waals surface area (Å²) in [6.45, 7) is 1.91. The second-order valence-electron chi connectivity index (χ2n) is 11.0. The van der Waals surface area contributed by atoms with Crippen molar-refractivity contribution < 1.29 is 42.9 Å². The number of aliphatic carboxylic acids is 1. The highest BCUT2D eigenvalue weighted by atomic mass is 32.2. The molecule has 4 N–H and O–H groups in total. The minimum absolute atomic E-state index is 0.134. The number of rotatable bonds is 13. The first-order valence-corrected chi connectivity index (χ1v) is 14.9. The Bertz CT molecular complexity index is 1550. The molecule has 0 aromatic heterocycles. The number of aliphatic hydroxyl groups excluding tert-OH is 1. The van der Waals surface area contributed by atoms with Gasteiger partial charge in [0.2, 0.25) is 11.8 Å². The first-order valence-electron chi connectivity index (χ1n) is 13.9. The number of benzene rings is 3. The van der Waals surface area contributed by atoms with Gasteiger partial charge in [-0.05, 0) is 66.9 Å². The molecule has 0 radical (unpaired) electrons. The van der Waals surface area contributed by atoms with Crippen LogP contribution in [0.1, 0.15) is 36.6 Å². The summed E-state index contributed by atoms with van der Waals surface area (Å²) >= 11 is 1.21. The summed E-state index contributed by atoms with van der Waals surface area (Å²) in [5.41, 5.74) is -0.753. The molecule has 1 saturated heterocycles. The van der Waals surface area contributed by atoms with Crippen LogP contribution in [-0.2, 0) is 24.7 Å². The quantitative estimate of drug-likeness (QED) is 0.209. The molecule has 1 heterocycles. The van der Waals surface area contributed by atoms with Crippen molar-refractivity contribution in [3.63, 3.8) is 0 Å². The van der Waals surface area contributed by atoms with Crippen molar-refractivity contribution in [3.8, 4) is 5.75 Å². The van der Waals surface area contributed by atoms with Gasteiger partial charge in [0.25, 0.3) is 5.91 Å². The number of β-lactam (4-membered cyclic amide) rings is 1. The van der Waals surface area contributed by atoms with Gasteiger partial charge in [-0.3, -0.25) is 14.4 Å². The maximum Gasteiger partial charge on any atom is 0.329 e. The van der Waals surface area contributed by atoms with Gasteiger partial charge in [-0.25, -0.2) is 13.6 Å². The number of nitrogens with one attached hydrogen (secondary N) is 2. The summed E-state index contributed by atoms with van der Waals surface area (Å²) < 4.78 is 32.7. The highest BCUT2D eigenvalue weighted by molar-refractivity contribution is 8.00. The lowest BCUT2D eigenvalue weighted by atomic mass is 9.74. The number of amides is 3. The lowest BCUT2D eigenvalue weighted by Crippen LogP contribution is -2.69. The van der Waals surface area contributed by atoms with E-state index in [1.54, 1.807) is 36.4 Å². The van der Waals surface area contributed by atoms with E-state index < -0.39 is 65.0 Å². The first kappa shape index (κ1) is 33.4. The number of ether oxygens (including phenoxy) is 1. The molecule has 3 aromatic carbocycles. The fourth-order valence-electron chi connectivity index (χ4n) is 4.70. The zero-order chi connectivity index (χ0) is 32.9. The summed E-state index contributed by atoms with van der Waals surface area (Å²) in [5.74, 6) is -3.08. The van der Waals surface area contributed by atoms with E-state index in [-0.39, 0.29) is 11.7 Å². The molecule has 1 aliphatic rings. The van der Waals surface area contributed by atoms with Crippen LogP contribution in [0.5, 0.6) is 5.75 Å². The number of carbonyl (C=O) groups excluding carboxylic acids is 3. The first-order chi connectivity index (χ1) is 21.2. The topological polar surface area (TPSA) is 145 Å². The number of aliphatic hydroxyl groups is 1. The highest BCUT2D eigenvalue weighted by Gasteiger charge is 2.56. The number of carboxylic acids is 1. The molecular formula is C32H33F2N3O7S. The number of nitrogens with zero attached hydrogens (tertiary/aromatic N) is 1. The number of halogens is 2. The molecule has 1 fully saturated rings. The maximum atomic E-state index is 13.8. The van der Waals surface area contributed by atoms with Crippen molar-refractivity contribution in [1.29, 1.82) is 0 Å². The monoisotopic (exact) mass is 641 g/mol. The SMILES string of the molecule is CN(C(=O)CNC(=O)COc1ccc([C@]2(c3ccc(F)cc3)NC(=O)[C@@H]2SCC(O)c2ccc(F)cc2)cc1)C(C)(C)C(=O)O. The van der Waals surface area contributed by atoms with Crippen molar-refractivity contribution >= 4 is 35.5 Å². The number of hydrogen-bond donors (Lipinski definition) is 4. The molecule has 0 saturated carbocycles. The van der Waals surface area contributed by atoms with Crippen LogP contribution in [0.25, 0.3) is 0 Å². The lowest BCUT2D eigenvalue weighted by Gasteiger charge is -2.50. The van der Waals surface area contributed by atoms with Gasteiger partial charge in [-0.1, -0.05) is 36.4 Å². The molecule has 0 bridgehead atoms. The molecule has 3 amide bonds. The van der Waals surface area contributed by atoms with Crippen LogP contribution < -0.4 is 15.4 Å². The fourth-order valence-corrected chi connectivity index (χ4v) is 6.06. The molecule has 3 aromatic rings. The van der Waals surface area contributed by atoms with Crippen LogP contribution in [0.4, 0.5) is 8.78 Å². The van der Waals surface area contributed by atoms with Crippen LogP contribution in [0.15, 0.2) is 72.8 Å². The molecule has 13 heteroatoms. The van der Waals surface area contributed by atoms with Crippen LogP contribution in [0.3, 0.4) is 0 Å². The second kappa shape index (κ2) is 13.7. The van der Waals surface area contributed by atoms with Gasteiger partial charge in [-0.2, -0.15) is 0 Å². The lowest BCUT2D eigenvalue weighted by molar-refractivity contribution is -0.155. The highest BCUT2D eigenvalue weighted by Crippen LogP contribution is 2.46. The number of thioether (sulfide) groups is 1. The average molecular weight is 642 g/mol. The van der Waals surface area contributed by atoms with Gasteiger partial charge in [0.1, 0.15) is 33.7 Å². The maximum absolute atomic E-state index is 13.8. The van der Waals surface area contributed by atoms with E-state index in [1.165, 1.54) is 69.1 Å². The Balaban J connectivity index is 1.44. The van der Waals surface area contributed by atoms with Gasteiger partial charge in [0, 0.05) is 12.8 Å². The largest absolute Gasteiger partial charge is 0.484 e. The minimum Gasteiger partial charge on any atom is -0.484 e. The summed E-state index contributed by atoms with van der Waals surface area (Å²) in [7, 11) is 1.33. The van der Waals surface area contributed by atoms with Crippen molar-refractivity contribution in [2.24, 2.45) is 0 Å². The van der Waals surface area contributed by atoms with Crippen molar-refractivity contribution in [2.45, 2.75) is 36.3 Å². The van der Waals surface area contributed by atoms with E-state index in [2.05, 4.69) is 10.6 Å². The Hall–Kier alpha value is -4.49. The zero-order valence-corrected chi connectivity index (χ0v) is 25.6. The molecule has 238 valence electrons. The van der Waals surface area contributed by atoms with Gasteiger partial charge < -0.3 is 30.5 Å². The van der Waals surface area contributed by atoms with Crippen molar-refractivity contribution in [3.05, 3.63) is 101 Å². The normalized spacial score (nSPS) is 18.3. The average Bonchev–Trinajstić information content (AvgIpc) is 3.01. The molecule has 0 spiro atoms. The van der Waals surface area contributed by atoms with Gasteiger partial charge in [-0.15, -0.1) is 11.8 Å². The third-order valence-electron chi connectivity index (χ3n) is 7.78. The smallest absolute Gasteiger partial charge is 0.329 e. The van der Waals surface area contributed by atoms with E-state index in [9.17, 15) is 38.2 Å². The second-order valence-corrected chi connectivity index (χ2v) is 12.1. The Labute approximate surface area is 262 Å². The Morgan fingerprint density at radius 2 is 1.53 bits per heavy atom. The molecular weight excluding hydrogens is 608 g/mol. The van der Waals surface area contributed by atoms with Crippen molar-refractivity contribution in [1.82, 2.24) is 15.5 Å². The standard InChI is InChI=1S/C32H33F2N3O7S/c1-31(2,30(42)43)37(3)27(40)16-35-26(39)17-44-24-14-8-21(9-15-24)32(20-6-12-23(34)13-7-20)28(29(41)36-32)45-18-25(38)19-4-10-22(33)11-5-19/h4-15,25,28,38H,16-18H2,1-3H3,(H,35,39)(H,36,41)(H,42,43)/t25?,28-,32-/m0/s1. The van der Waals surface area contributed by atoms with Crippen LogP contribution >= 0.6 is 11.8 Å². The summed E-state index contributed by atoms with van der Waals surface area (Å²) in [6.07, 6.45) is -0.962. The molecule has 45 heavy (non-hydrogen) atoms. The van der Waals surface area contributed by atoms with E-state index in [4.69, 9.17) is 4.74 Å². The Morgan fingerprint density at radius 3 is 2.07 bits per heavy atom. The molecule has 3 atom stereocenters. The Morgan fingerprint density at radius 1 is 1.00 bits per heavy atom. The van der Waals surface area contributed by atoms with E-state index in [1.807, 2.05) is 0 Å². The van der Waals surface area contributed by atoms with Gasteiger partial charge >= 0.3 is 5.97 Å². The number of likely N-dealkylation sites (N-methyl/N-ethyl adjacent to an activating group) is 1. The minimum atomic E-state index is -1.45. The van der Waals surface area contributed by atoms with Crippen LogP contribution in [0, 0.1) is 11.6 Å². The molecule has 1 unspecified atom stereocenters. The predicted molar refractivity (Wildman–Crippen MR) is 162 cm³/mol. The van der Waals surface area contributed by atoms with Crippen molar-refractivity contribution in [2.75, 3.05) is 26.0 Å². The predicted octanol–water partition coefficient (Wildman–Crippen LogP) is 2.99. The summed E-state index contributed by atoms with van der Waals surface area (Å²) in [4.78, 5) is 49.9. The molecule has 4 rings (SSSR count). The Kier molecular flexibility index (Phi) is 10.1. The van der Waals surface area contributed by atoms with Gasteiger partial charge in [0.15, 0.2) is 6.61 Å². The van der Waals surface area contributed by atoms with E-state index in [0.717, 1.165) is 4.90 Å². The third-order valence-corrected chi connectivity index (χ3v) is 9.19. The van der Waals surface area contributed by atoms with Crippen LogP contribution in [-0.4, -0.2) is 75.5 Å². The molecule has 10 nitrogen and oxygen atoms in total. The fraction of sp³-hybridized carbons (Fsp3) is 0.312. The molecule has 0 aliphatic carbocycles. The third kappa shape index (κ3) is 7.26. The van der Waals surface area contributed by atoms with E-state index in [0.29, 0.717) is 22.4 Å². The summed E-state index contributed by atoms with van der Waals surface area (Å²) in [6, 6.07) is 17.8. The zero-order valence-electron chi connectivity index (χ0n) is 24.8. The number of carbonyl (C=O) groups is 4. The summed E-state index contributed by atoms with van der Waals surface area (Å²) in [5, 5.41) is 24.6. The number of hydrogen-bond acceptors (Lipinski definition) is 7. The van der Waals surface area contributed by atoms with Crippen LogP contribution in [0.2, 0.25) is 0 Å².